The molecule has 43 heavy (non-hydrogen) atoms. The Hall–Kier alpha value is -3.08. The number of benzene rings is 3. The number of rotatable bonds is 13. The lowest BCUT2D eigenvalue weighted by Gasteiger charge is -2.34. The zero-order chi connectivity index (χ0) is 31.8. The van der Waals surface area contributed by atoms with Crippen LogP contribution in [0.25, 0.3) is 0 Å². The van der Waals surface area contributed by atoms with Gasteiger partial charge in [0.15, 0.2) is 0 Å². The first-order chi connectivity index (χ1) is 20.2. The van der Waals surface area contributed by atoms with E-state index < -0.39 is 21.6 Å². The molecule has 232 valence electrons. The minimum Gasteiger partial charge on any atom is -0.495 e. The molecule has 0 saturated carbocycles. The topological polar surface area (TPSA) is 96.0 Å². The molecule has 0 aliphatic rings. The van der Waals surface area contributed by atoms with E-state index in [1.165, 1.54) is 17.5 Å². The summed E-state index contributed by atoms with van der Waals surface area (Å²) in [6.07, 6.45) is 1.68. The predicted octanol–water partition coefficient (Wildman–Crippen LogP) is 6.21. The van der Waals surface area contributed by atoms with Crippen LogP contribution in [-0.2, 0) is 32.6 Å². The summed E-state index contributed by atoms with van der Waals surface area (Å²) < 4.78 is 32.7. The van der Waals surface area contributed by atoms with Crippen molar-refractivity contribution in [2.75, 3.05) is 24.2 Å². The van der Waals surface area contributed by atoms with Crippen LogP contribution in [0.4, 0.5) is 5.69 Å². The van der Waals surface area contributed by atoms with Gasteiger partial charge in [-0.05, 0) is 68.7 Å². The van der Waals surface area contributed by atoms with Crippen molar-refractivity contribution in [3.8, 4) is 5.75 Å². The second kappa shape index (κ2) is 15.1. The number of carbonyl (C=O) groups is 2. The summed E-state index contributed by atoms with van der Waals surface area (Å²) in [7, 11) is -2.20. The Morgan fingerprint density at radius 1 is 1.00 bits per heavy atom. The molecule has 0 fully saturated rings. The number of hydrogen-bond donors (Lipinski definition) is 1. The van der Waals surface area contributed by atoms with Crippen molar-refractivity contribution in [1.29, 1.82) is 0 Å². The maximum atomic E-state index is 14.0. The maximum absolute atomic E-state index is 14.0. The third-order valence-electron chi connectivity index (χ3n) is 6.59. The molecule has 0 heterocycles. The van der Waals surface area contributed by atoms with Gasteiger partial charge in [-0.2, -0.15) is 0 Å². The number of hydrogen-bond acceptors (Lipinski definition) is 5. The molecule has 0 radical (unpaired) electrons. The van der Waals surface area contributed by atoms with Crippen LogP contribution in [0, 0.1) is 0 Å². The summed E-state index contributed by atoms with van der Waals surface area (Å²) in [6, 6.07) is 21.1. The van der Waals surface area contributed by atoms with Crippen molar-refractivity contribution in [1.82, 2.24) is 10.2 Å². The monoisotopic (exact) mass is 691 g/mol. The van der Waals surface area contributed by atoms with Gasteiger partial charge in [-0.1, -0.05) is 70.0 Å². The second-order valence-electron chi connectivity index (χ2n) is 11.4. The van der Waals surface area contributed by atoms with Gasteiger partial charge in [-0.25, -0.2) is 8.42 Å². The summed E-state index contributed by atoms with van der Waals surface area (Å²) >= 11 is 9.76. The molecule has 8 nitrogen and oxygen atoms in total. The largest absolute Gasteiger partial charge is 0.495 e. The molecule has 0 spiro atoms. The van der Waals surface area contributed by atoms with Crippen LogP contribution < -0.4 is 14.4 Å². The lowest BCUT2D eigenvalue weighted by molar-refractivity contribution is -0.142. The first-order valence-corrected chi connectivity index (χ1v) is 16.9. The molecule has 3 rings (SSSR count). The number of amides is 2. The van der Waals surface area contributed by atoms with Crippen molar-refractivity contribution in [2.24, 2.45) is 0 Å². The van der Waals surface area contributed by atoms with Crippen LogP contribution in [0.5, 0.6) is 5.75 Å². The second-order valence-corrected chi connectivity index (χ2v) is 14.6. The standard InChI is InChI=1S/C32H39BrClN3O5S/c1-32(2,3)35-31(39)28(20-23-11-7-6-8-12-23)36(22-24-13-9-14-25(33)19-24)30(38)15-10-18-37(43(5,40)41)26-16-17-29(42-4)27(34)21-26/h6-9,11-14,16-17,19,21,28H,10,15,18,20,22H2,1-5H3,(H,35,39)/t28-/m0/s1. The highest BCUT2D eigenvalue weighted by atomic mass is 79.9. The molecule has 3 aromatic rings. The molecule has 2 amide bonds. The fourth-order valence-corrected chi connectivity index (χ4v) is 6.31. The van der Waals surface area contributed by atoms with Gasteiger partial charge in [0.05, 0.1) is 24.1 Å². The van der Waals surface area contributed by atoms with Crippen LogP contribution in [0.2, 0.25) is 5.02 Å². The van der Waals surface area contributed by atoms with E-state index in [1.807, 2.05) is 75.4 Å². The quantitative estimate of drug-likeness (QED) is 0.230. The molecular formula is C32H39BrClN3O5S. The first-order valence-electron chi connectivity index (χ1n) is 13.9. The number of anilines is 1. The molecule has 0 aliphatic carbocycles. The van der Waals surface area contributed by atoms with Crippen molar-refractivity contribution < 1.29 is 22.7 Å². The highest BCUT2D eigenvalue weighted by Gasteiger charge is 2.32. The fourth-order valence-electron chi connectivity index (χ4n) is 4.65. The molecule has 0 aliphatic heterocycles. The van der Waals surface area contributed by atoms with Gasteiger partial charge in [-0.3, -0.25) is 13.9 Å². The highest BCUT2D eigenvalue weighted by molar-refractivity contribution is 9.10. The molecule has 11 heteroatoms. The average Bonchev–Trinajstić information content (AvgIpc) is 2.92. The van der Waals surface area contributed by atoms with Crippen molar-refractivity contribution in [3.63, 3.8) is 0 Å². The first kappa shape index (κ1) is 34.4. The number of sulfonamides is 1. The Kier molecular flexibility index (Phi) is 12.1. The van der Waals surface area contributed by atoms with Gasteiger partial charge in [0.25, 0.3) is 0 Å². The molecule has 0 aromatic heterocycles. The predicted molar refractivity (Wildman–Crippen MR) is 176 cm³/mol. The fraction of sp³-hybridized carbons (Fsp3) is 0.375. The van der Waals surface area contributed by atoms with Gasteiger partial charge in [0.1, 0.15) is 11.8 Å². The average molecular weight is 693 g/mol. The Bertz CT molecular complexity index is 1510. The van der Waals surface area contributed by atoms with Gasteiger partial charge < -0.3 is 15.0 Å². The minimum absolute atomic E-state index is 0.0258. The molecule has 0 saturated heterocycles. The number of nitrogens with one attached hydrogen (secondary N) is 1. The Labute approximate surface area is 268 Å². The van der Waals surface area contributed by atoms with E-state index >= 15 is 0 Å². The smallest absolute Gasteiger partial charge is 0.243 e. The van der Waals surface area contributed by atoms with E-state index in [2.05, 4.69) is 21.2 Å². The van der Waals surface area contributed by atoms with Crippen LogP contribution in [-0.4, -0.2) is 56.6 Å². The molecule has 0 bridgehead atoms. The zero-order valence-electron chi connectivity index (χ0n) is 25.1. The van der Waals surface area contributed by atoms with Crippen LogP contribution >= 0.6 is 27.5 Å². The van der Waals surface area contributed by atoms with Gasteiger partial charge in [0.2, 0.25) is 21.8 Å². The van der Waals surface area contributed by atoms with Gasteiger partial charge in [-0.15, -0.1) is 0 Å². The molecule has 0 unspecified atom stereocenters. The summed E-state index contributed by atoms with van der Waals surface area (Å²) in [4.78, 5) is 29.3. The van der Waals surface area contributed by atoms with Gasteiger partial charge in [0, 0.05) is 35.9 Å². The maximum Gasteiger partial charge on any atom is 0.243 e. The Balaban J connectivity index is 1.91. The number of methoxy groups -OCH3 is 1. The number of nitrogens with zero attached hydrogens (tertiary/aromatic N) is 2. The Morgan fingerprint density at radius 3 is 2.26 bits per heavy atom. The molecule has 1 N–H and O–H groups in total. The van der Waals surface area contributed by atoms with Crippen LogP contribution in [0.3, 0.4) is 0 Å². The van der Waals surface area contributed by atoms with E-state index in [4.69, 9.17) is 16.3 Å². The van der Waals surface area contributed by atoms with E-state index in [9.17, 15) is 18.0 Å². The Morgan fingerprint density at radius 2 is 1.67 bits per heavy atom. The highest BCUT2D eigenvalue weighted by Crippen LogP contribution is 2.30. The molecule has 1 atom stereocenters. The third kappa shape index (κ3) is 10.5. The summed E-state index contributed by atoms with van der Waals surface area (Å²) in [5.41, 5.74) is 1.64. The van der Waals surface area contributed by atoms with Gasteiger partial charge >= 0.3 is 0 Å². The van der Waals surface area contributed by atoms with Crippen molar-refractivity contribution in [2.45, 2.75) is 58.2 Å². The zero-order valence-corrected chi connectivity index (χ0v) is 28.3. The SMILES string of the molecule is COc1ccc(N(CCCC(=O)N(Cc2cccc(Br)c2)[C@@H](Cc2ccccc2)C(=O)NC(C)(C)C)S(C)(=O)=O)cc1Cl. The van der Waals surface area contributed by atoms with Crippen molar-refractivity contribution >= 4 is 55.1 Å². The number of ether oxygens (including phenoxy) is 1. The van der Waals surface area contributed by atoms with E-state index in [0.29, 0.717) is 17.9 Å². The minimum atomic E-state index is -3.68. The number of carbonyl (C=O) groups excluding carboxylic acids is 2. The van der Waals surface area contributed by atoms with Crippen molar-refractivity contribution in [3.05, 3.63) is 93.4 Å². The van der Waals surface area contributed by atoms with E-state index in [0.717, 1.165) is 21.9 Å². The summed E-state index contributed by atoms with van der Waals surface area (Å²) in [5.74, 6) is -0.0910. The van der Waals surface area contributed by atoms with E-state index in [1.54, 1.807) is 17.0 Å². The van der Waals surface area contributed by atoms with E-state index in [-0.39, 0.29) is 42.8 Å². The third-order valence-corrected chi connectivity index (χ3v) is 8.57. The summed E-state index contributed by atoms with van der Waals surface area (Å²) in [6.45, 7) is 5.95. The molecular weight excluding hydrogens is 654 g/mol. The lowest BCUT2D eigenvalue weighted by atomic mass is 10.00. The van der Waals surface area contributed by atoms with Crippen LogP contribution in [0.1, 0.15) is 44.7 Å². The van der Waals surface area contributed by atoms with Crippen LogP contribution in [0.15, 0.2) is 77.3 Å². The molecule has 3 aromatic carbocycles. The normalized spacial score (nSPS) is 12.3. The number of halogens is 2. The summed E-state index contributed by atoms with van der Waals surface area (Å²) in [5, 5.41) is 3.33. The lowest BCUT2D eigenvalue weighted by Crippen LogP contribution is -2.54.